The molecule has 0 aliphatic carbocycles. The number of hydrogen-bond donors (Lipinski definition) is 1. The Hall–Kier alpha value is -2.33. The minimum atomic E-state index is -0.0126. The minimum Gasteiger partial charge on any atom is -0.371 e. The number of likely N-dealkylation sites (tertiary alicyclic amines) is 1. The Bertz CT molecular complexity index is 783. The number of aryl methyl sites for hydroxylation is 1. The second-order valence-corrected chi connectivity index (χ2v) is 7.61. The highest BCUT2D eigenvalue weighted by Gasteiger charge is 2.35. The van der Waals surface area contributed by atoms with Gasteiger partial charge in [-0.3, -0.25) is 4.79 Å². The third-order valence-corrected chi connectivity index (χ3v) is 5.71. The number of carbonyl (C=O) groups excluding carboxylic acids is 1. The van der Waals surface area contributed by atoms with Gasteiger partial charge in [-0.25, -0.2) is 0 Å². The smallest absolute Gasteiger partial charge is 0.256 e. The number of rotatable bonds is 3. The Labute approximate surface area is 155 Å². The van der Waals surface area contributed by atoms with E-state index in [-0.39, 0.29) is 17.9 Å². The summed E-state index contributed by atoms with van der Waals surface area (Å²) in [4.78, 5) is 17.6. The van der Waals surface area contributed by atoms with Gasteiger partial charge in [-0.15, -0.1) is 0 Å². The minimum absolute atomic E-state index is 0.0126. The van der Waals surface area contributed by atoms with Gasteiger partial charge in [-0.1, -0.05) is 42.0 Å². The summed E-state index contributed by atoms with van der Waals surface area (Å²) in [6, 6.07) is 16.6. The van der Waals surface area contributed by atoms with Gasteiger partial charge in [0.15, 0.2) is 0 Å². The lowest BCUT2D eigenvalue weighted by Crippen LogP contribution is -2.33. The van der Waals surface area contributed by atoms with Crippen LogP contribution in [0.5, 0.6) is 0 Å². The molecule has 2 atom stereocenters. The molecule has 26 heavy (non-hydrogen) atoms. The molecule has 2 heterocycles. The largest absolute Gasteiger partial charge is 0.371 e. The zero-order chi connectivity index (χ0) is 18.1. The second kappa shape index (κ2) is 7.12. The summed E-state index contributed by atoms with van der Waals surface area (Å²) in [6.07, 6.45) is 2.40. The zero-order valence-electron chi connectivity index (χ0n) is 15.4. The number of nitrogens with two attached hydrogens (primary N) is 1. The topological polar surface area (TPSA) is 49.6 Å². The van der Waals surface area contributed by atoms with Crippen molar-refractivity contribution in [3.05, 3.63) is 65.2 Å². The predicted molar refractivity (Wildman–Crippen MR) is 106 cm³/mol. The quantitative estimate of drug-likeness (QED) is 0.926. The van der Waals surface area contributed by atoms with E-state index in [1.54, 1.807) is 0 Å². The summed E-state index contributed by atoms with van der Waals surface area (Å²) in [5, 5.41) is 0. The van der Waals surface area contributed by atoms with Gasteiger partial charge >= 0.3 is 0 Å². The molecule has 0 radical (unpaired) electrons. The Balaban J connectivity index is 1.59. The molecule has 2 N–H and O–H groups in total. The van der Waals surface area contributed by atoms with Crippen LogP contribution in [-0.4, -0.2) is 43.0 Å². The summed E-state index contributed by atoms with van der Waals surface area (Å²) >= 11 is 0. The number of carbonyl (C=O) groups is 1. The maximum absolute atomic E-state index is 13.3. The summed E-state index contributed by atoms with van der Waals surface area (Å²) in [5.74, 6) is 0.324. The van der Waals surface area contributed by atoms with Gasteiger partial charge in [0.05, 0.1) is 5.56 Å². The molecule has 4 nitrogen and oxygen atoms in total. The van der Waals surface area contributed by atoms with Crippen molar-refractivity contribution in [2.45, 2.75) is 31.7 Å². The third-order valence-electron chi connectivity index (χ3n) is 5.71. The van der Waals surface area contributed by atoms with Gasteiger partial charge in [0.1, 0.15) is 0 Å². The second-order valence-electron chi connectivity index (χ2n) is 7.61. The number of hydrogen-bond acceptors (Lipinski definition) is 3. The van der Waals surface area contributed by atoms with Crippen molar-refractivity contribution in [1.82, 2.24) is 4.90 Å². The lowest BCUT2D eigenvalue weighted by atomic mass is 9.95. The fourth-order valence-corrected chi connectivity index (χ4v) is 4.27. The van der Waals surface area contributed by atoms with Crippen molar-refractivity contribution in [3.63, 3.8) is 0 Å². The molecule has 4 rings (SSSR count). The Morgan fingerprint density at radius 3 is 2.50 bits per heavy atom. The van der Waals surface area contributed by atoms with Crippen molar-refractivity contribution in [2.24, 2.45) is 5.73 Å². The first-order valence-corrected chi connectivity index (χ1v) is 9.59. The van der Waals surface area contributed by atoms with Crippen molar-refractivity contribution in [1.29, 1.82) is 0 Å². The van der Waals surface area contributed by atoms with E-state index in [0.717, 1.165) is 29.9 Å². The average Bonchev–Trinajstić information content (AvgIpc) is 3.31. The van der Waals surface area contributed by atoms with E-state index >= 15 is 0 Å². The maximum atomic E-state index is 13.3. The molecular weight excluding hydrogens is 322 g/mol. The summed E-state index contributed by atoms with van der Waals surface area (Å²) in [7, 11) is 0. The molecular formula is C22H27N3O. The summed E-state index contributed by atoms with van der Waals surface area (Å²) < 4.78 is 0. The van der Waals surface area contributed by atoms with E-state index in [0.29, 0.717) is 13.1 Å². The van der Waals surface area contributed by atoms with Gasteiger partial charge < -0.3 is 15.5 Å². The molecule has 0 spiro atoms. The van der Waals surface area contributed by atoms with Crippen LogP contribution < -0.4 is 10.6 Å². The fourth-order valence-electron chi connectivity index (χ4n) is 4.27. The van der Waals surface area contributed by atoms with Crippen LogP contribution in [0.3, 0.4) is 0 Å². The van der Waals surface area contributed by atoms with Crippen LogP contribution >= 0.6 is 0 Å². The average molecular weight is 349 g/mol. The molecule has 1 amide bonds. The number of anilines is 1. The van der Waals surface area contributed by atoms with Crippen LogP contribution in [0.2, 0.25) is 0 Å². The predicted octanol–water partition coefficient (Wildman–Crippen LogP) is 3.16. The lowest BCUT2D eigenvalue weighted by molar-refractivity contribution is 0.0789. The lowest BCUT2D eigenvalue weighted by Gasteiger charge is -2.24. The molecule has 2 aliphatic heterocycles. The summed E-state index contributed by atoms with van der Waals surface area (Å²) in [6.45, 7) is 5.43. The van der Waals surface area contributed by atoms with Gasteiger partial charge in [0, 0.05) is 43.8 Å². The van der Waals surface area contributed by atoms with E-state index in [1.165, 1.54) is 18.4 Å². The molecule has 2 fully saturated rings. The maximum Gasteiger partial charge on any atom is 0.256 e. The standard InChI is InChI=1S/C22H27N3O/c1-16-9-10-21(24-11-5-6-12-24)18(13-16)22(26)25-14-19(20(23)15-25)17-7-3-2-4-8-17/h2-4,7-10,13,19-20H,5-6,11-12,14-15,23H2,1H3/t19-,20+/m0/s1. The first-order chi connectivity index (χ1) is 12.6. The molecule has 0 unspecified atom stereocenters. The van der Waals surface area contributed by atoms with Crippen molar-refractivity contribution in [3.8, 4) is 0 Å². The van der Waals surface area contributed by atoms with Gasteiger partial charge in [-0.2, -0.15) is 0 Å². The summed E-state index contributed by atoms with van der Waals surface area (Å²) in [5.41, 5.74) is 10.7. The monoisotopic (exact) mass is 349 g/mol. The van der Waals surface area contributed by atoms with Crippen LogP contribution in [0.4, 0.5) is 5.69 Å². The Morgan fingerprint density at radius 1 is 1.04 bits per heavy atom. The first-order valence-electron chi connectivity index (χ1n) is 9.59. The SMILES string of the molecule is Cc1ccc(N2CCCC2)c(C(=O)N2C[C@@H](N)[C@H](c3ccccc3)C2)c1. The van der Waals surface area contributed by atoms with Crippen molar-refractivity contribution >= 4 is 11.6 Å². The zero-order valence-corrected chi connectivity index (χ0v) is 15.4. The van der Waals surface area contributed by atoms with E-state index in [9.17, 15) is 4.79 Å². The molecule has 0 saturated carbocycles. The third kappa shape index (κ3) is 3.21. The van der Waals surface area contributed by atoms with E-state index in [2.05, 4.69) is 29.2 Å². The molecule has 0 bridgehead atoms. The van der Waals surface area contributed by atoms with Crippen LogP contribution in [0.25, 0.3) is 0 Å². The first kappa shape index (κ1) is 17.1. The highest BCUT2D eigenvalue weighted by molar-refractivity contribution is 6.00. The van der Waals surface area contributed by atoms with Crippen LogP contribution in [-0.2, 0) is 0 Å². The van der Waals surface area contributed by atoms with E-state index in [4.69, 9.17) is 5.73 Å². The van der Waals surface area contributed by atoms with Gasteiger partial charge in [0.25, 0.3) is 5.91 Å². The molecule has 136 valence electrons. The van der Waals surface area contributed by atoms with Crippen LogP contribution in [0, 0.1) is 6.92 Å². The Morgan fingerprint density at radius 2 is 1.77 bits per heavy atom. The van der Waals surface area contributed by atoms with Gasteiger partial charge in [-0.05, 0) is 37.5 Å². The van der Waals surface area contributed by atoms with E-state index < -0.39 is 0 Å². The molecule has 2 aliphatic rings. The number of benzene rings is 2. The van der Waals surface area contributed by atoms with E-state index in [1.807, 2.05) is 36.1 Å². The molecule has 0 aromatic heterocycles. The van der Waals surface area contributed by atoms with Crippen LogP contribution in [0.1, 0.15) is 40.2 Å². The van der Waals surface area contributed by atoms with Crippen LogP contribution in [0.15, 0.2) is 48.5 Å². The Kier molecular flexibility index (Phi) is 4.68. The molecule has 2 aromatic rings. The highest BCUT2D eigenvalue weighted by Crippen LogP contribution is 2.31. The molecule has 4 heteroatoms. The van der Waals surface area contributed by atoms with Crippen molar-refractivity contribution in [2.75, 3.05) is 31.1 Å². The number of amides is 1. The van der Waals surface area contributed by atoms with Gasteiger partial charge in [0.2, 0.25) is 0 Å². The highest BCUT2D eigenvalue weighted by atomic mass is 16.2. The molecule has 2 saturated heterocycles. The number of nitrogens with zero attached hydrogens (tertiary/aromatic N) is 2. The normalized spacial score (nSPS) is 22.8. The van der Waals surface area contributed by atoms with Crippen molar-refractivity contribution < 1.29 is 4.79 Å². The molecule has 2 aromatic carbocycles. The fraction of sp³-hybridized carbons (Fsp3) is 0.409.